The summed E-state index contributed by atoms with van der Waals surface area (Å²) in [4.78, 5) is 13.7. The number of carbonyl (C=O) groups excluding carboxylic acids is 1. The van der Waals surface area contributed by atoms with Crippen LogP contribution in [-0.4, -0.2) is 46.5 Å². The van der Waals surface area contributed by atoms with Gasteiger partial charge in [-0.1, -0.05) is 18.2 Å². The Morgan fingerprint density at radius 1 is 1.32 bits per heavy atom. The number of amides is 1. The minimum atomic E-state index is -1.12. The van der Waals surface area contributed by atoms with E-state index < -0.39 is 17.3 Å². The number of rotatable bonds is 2. The van der Waals surface area contributed by atoms with E-state index >= 15 is 0 Å². The van der Waals surface area contributed by atoms with Crippen molar-refractivity contribution < 1.29 is 19.4 Å². The summed E-state index contributed by atoms with van der Waals surface area (Å²) in [5.41, 5.74) is -1.66. The number of likely N-dealkylation sites (tertiary alicyclic amines) is 1. The first kappa shape index (κ1) is 16.6. The highest BCUT2D eigenvalue weighted by Gasteiger charge is 2.42. The fourth-order valence-electron chi connectivity index (χ4n) is 2.48. The number of hydrogen-bond acceptors (Lipinski definition) is 4. The molecule has 1 aromatic rings. The number of hydrogen-bond donors (Lipinski definition) is 1. The lowest BCUT2D eigenvalue weighted by atomic mass is 9.91. The van der Waals surface area contributed by atoms with Gasteiger partial charge in [-0.05, 0) is 39.8 Å². The van der Waals surface area contributed by atoms with Gasteiger partial charge < -0.3 is 19.5 Å². The third-order valence-electron chi connectivity index (χ3n) is 3.54. The third-order valence-corrected chi connectivity index (χ3v) is 3.54. The maximum Gasteiger partial charge on any atom is 0.410 e. The zero-order valence-electron chi connectivity index (χ0n) is 13.7. The summed E-state index contributed by atoms with van der Waals surface area (Å²) in [6, 6.07) is 9.41. The largest absolute Gasteiger partial charge is 0.487 e. The van der Waals surface area contributed by atoms with Gasteiger partial charge in [-0.3, -0.25) is 0 Å². The minimum Gasteiger partial charge on any atom is -0.487 e. The van der Waals surface area contributed by atoms with Crippen LogP contribution in [0.2, 0.25) is 0 Å². The van der Waals surface area contributed by atoms with E-state index in [0.717, 1.165) is 5.75 Å². The maximum absolute atomic E-state index is 12.1. The highest BCUT2D eigenvalue weighted by molar-refractivity contribution is 5.68. The molecule has 1 amide bonds. The molecule has 1 saturated heterocycles. The van der Waals surface area contributed by atoms with Gasteiger partial charge in [0.15, 0.2) is 0 Å². The van der Waals surface area contributed by atoms with Crippen LogP contribution < -0.4 is 4.74 Å². The molecule has 2 atom stereocenters. The van der Waals surface area contributed by atoms with Crippen molar-refractivity contribution in [1.29, 1.82) is 0 Å². The molecule has 0 unspecified atom stereocenters. The van der Waals surface area contributed by atoms with Crippen molar-refractivity contribution in [1.82, 2.24) is 4.90 Å². The number of β-amino-alcohol motifs (C(OH)–C–C–N with tert-alkyl or cyclic N) is 1. The second kappa shape index (κ2) is 6.16. The van der Waals surface area contributed by atoms with Crippen molar-refractivity contribution in [2.75, 3.05) is 13.1 Å². The molecule has 0 radical (unpaired) electrons. The van der Waals surface area contributed by atoms with E-state index in [1.807, 2.05) is 51.1 Å². The normalized spacial score (nSPS) is 25.7. The molecule has 1 fully saturated rings. The van der Waals surface area contributed by atoms with Gasteiger partial charge in [0, 0.05) is 13.0 Å². The number of para-hydroxylation sites is 1. The molecule has 5 nitrogen and oxygen atoms in total. The molecular formula is C17H25NO4. The van der Waals surface area contributed by atoms with Crippen molar-refractivity contribution in [2.24, 2.45) is 0 Å². The van der Waals surface area contributed by atoms with Crippen LogP contribution in [0.3, 0.4) is 0 Å². The lowest BCUT2D eigenvalue weighted by Crippen LogP contribution is -2.58. The van der Waals surface area contributed by atoms with E-state index in [4.69, 9.17) is 9.47 Å². The molecule has 0 bridgehead atoms. The molecule has 1 N–H and O–H groups in total. The van der Waals surface area contributed by atoms with E-state index in [1.54, 1.807) is 6.92 Å². The first-order chi connectivity index (χ1) is 10.2. The molecule has 1 heterocycles. The van der Waals surface area contributed by atoms with Crippen molar-refractivity contribution >= 4 is 6.09 Å². The molecule has 1 aliphatic rings. The number of aliphatic hydroxyl groups is 1. The summed E-state index contributed by atoms with van der Waals surface area (Å²) < 4.78 is 11.2. The summed E-state index contributed by atoms with van der Waals surface area (Å²) in [5.74, 6) is 0.721. The molecule has 22 heavy (non-hydrogen) atoms. The lowest BCUT2D eigenvalue weighted by Gasteiger charge is -2.42. The predicted molar refractivity (Wildman–Crippen MR) is 83.9 cm³/mol. The van der Waals surface area contributed by atoms with E-state index in [0.29, 0.717) is 13.0 Å². The highest BCUT2D eigenvalue weighted by atomic mass is 16.6. The van der Waals surface area contributed by atoms with Crippen LogP contribution in [-0.2, 0) is 4.74 Å². The van der Waals surface area contributed by atoms with Gasteiger partial charge in [0.1, 0.15) is 23.1 Å². The standard InChI is InChI=1S/C17H25NO4/c1-16(2,3)22-15(19)18-11-10-14(17(4,20)12-18)21-13-8-6-5-7-9-13/h5-9,14,20H,10-12H2,1-4H3/t14-,17-/m0/s1. The molecule has 1 aromatic carbocycles. The van der Waals surface area contributed by atoms with Crippen molar-refractivity contribution in [2.45, 2.75) is 51.4 Å². The smallest absolute Gasteiger partial charge is 0.410 e. The van der Waals surface area contributed by atoms with Crippen LogP contribution >= 0.6 is 0 Å². The second-order valence-electron chi connectivity index (χ2n) is 6.97. The van der Waals surface area contributed by atoms with Crippen molar-refractivity contribution in [3.8, 4) is 5.75 Å². The molecule has 5 heteroatoms. The Morgan fingerprint density at radius 2 is 1.95 bits per heavy atom. The fourth-order valence-corrected chi connectivity index (χ4v) is 2.48. The molecular weight excluding hydrogens is 282 g/mol. The van der Waals surface area contributed by atoms with Gasteiger partial charge in [0.25, 0.3) is 0 Å². The minimum absolute atomic E-state index is 0.194. The first-order valence-electron chi connectivity index (χ1n) is 7.59. The average molecular weight is 307 g/mol. The monoisotopic (exact) mass is 307 g/mol. The van der Waals surface area contributed by atoms with Gasteiger partial charge in [-0.2, -0.15) is 0 Å². The molecule has 0 aromatic heterocycles. The first-order valence-corrected chi connectivity index (χ1v) is 7.59. The summed E-state index contributed by atoms with van der Waals surface area (Å²) in [6.45, 7) is 7.87. The second-order valence-corrected chi connectivity index (χ2v) is 6.97. The van der Waals surface area contributed by atoms with E-state index in [9.17, 15) is 9.90 Å². The quantitative estimate of drug-likeness (QED) is 0.913. The Balaban J connectivity index is 1.99. The van der Waals surface area contributed by atoms with Crippen molar-refractivity contribution in [3.05, 3.63) is 30.3 Å². The number of nitrogens with zero attached hydrogens (tertiary/aromatic N) is 1. The Morgan fingerprint density at radius 3 is 2.50 bits per heavy atom. The Labute approximate surface area is 131 Å². The summed E-state index contributed by atoms with van der Waals surface area (Å²) in [6.07, 6.45) is -0.194. The molecule has 0 spiro atoms. The van der Waals surface area contributed by atoms with Gasteiger partial charge in [-0.25, -0.2) is 4.79 Å². The molecule has 2 rings (SSSR count). The van der Waals surface area contributed by atoms with Gasteiger partial charge in [0.2, 0.25) is 0 Å². The highest BCUT2D eigenvalue weighted by Crippen LogP contribution is 2.27. The number of benzene rings is 1. The Hall–Kier alpha value is -1.75. The zero-order chi connectivity index (χ0) is 16.4. The van der Waals surface area contributed by atoms with Crippen LogP contribution in [0.4, 0.5) is 4.79 Å². The van der Waals surface area contributed by atoms with Gasteiger partial charge >= 0.3 is 6.09 Å². The van der Waals surface area contributed by atoms with Crippen LogP contribution in [0.15, 0.2) is 30.3 Å². The molecule has 1 aliphatic heterocycles. The topological polar surface area (TPSA) is 59.0 Å². The van der Waals surface area contributed by atoms with Crippen LogP contribution in [0.1, 0.15) is 34.1 Å². The summed E-state index contributed by atoms with van der Waals surface area (Å²) >= 11 is 0. The SMILES string of the molecule is CC(C)(C)OC(=O)N1CC[C@H](Oc2ccccc2)[C@@](C)(O)C1. The van der Waals surface area contributed by atoms with Crippen LogP contribution in [0.5, 0.6) is 5.75 Å². The fraction of sp³-hybridized carbons (Fsp3) is 0.588. The van der Waals surface area contributed by atoms with E-state index in [2.05, 4.69) is 0 Å². The van der Waals surface area contributed by atoms with Gasteiger partial charge in [0.05, 0.1) is 6.54 Å². The predicted octanol–water partition coefficient (Wildman–Crippen LogP) is 2.83. The van der Waals surface area contributed by atoms with E-state index in [-0.39, 0.29) is 12.6 Å². The molecule has 0 saturated carbocycles. The van der Waals surface area contributed by atoms with Gasteiger partial charge in [-0.15, -0.1) is 0 Å². The lowest BCUT2D eigenvalue weighted by molar-refractivity contribution is -0.0978. The summed E-state index contributed by atoms with van der Waals surface area (Å²) in [7, 11) is 0. The van der Waals surface area contributed by atoms with Crippen LogP contribution in [0, 0.1) is 0 Å². The zero-order valence-corrected chi connectivity index (χ0v) is 13.7. The van der Waals surface area contributed by atoms with Crippen LogP contribution in [0.25, 0.3) is 0 Å². The van der Waals surface area contributed by atoms with Crippen molar-refractivity contribution in [3.63, 3.8) is 0 Å². The molecule has 0 aliphatic carbocycles. The number of ether oxygens (including phenoxy) is 2. The maximum atomic E-state index is 12.1. The average Bonchev–Trinajstić information content (AvgIpc) is 2.40. The number of carbonyl (C=O) groups is 1. The Bertz CT molecular complexity index is 507. The third kappa shape index (κ3) is 4.37. The number of piperidine rings is 1. The summed E-state index contributed by atoms with van der Waals surface area (Å²) in [5, 5.41) is 10.6. The van der Waals surface area contributed by atoms with E-state index in [1.165, 1.54) is 4.90 Å². The Kier molecular flexibility index (Phi) is 4.66. The molecule has 122 valence electrons.